The summed E-state index contributed by atoms with van der Waals surface area (Å²) >= 11 is 5.91. The maximum Gasteiger partial charge on any atom is 0.0574 e. The van der Waals surface area contributed by atoms with Gasteiger partial charge in [-0.15, -0.1) is 0 Å². The molecular formula is C10H14ClNOS. The van der Waals surface area contributed by atoms with Crippen LogP contribution >= 0.6 is 11.6 Å². The second-order valence-corrected chi connectivity index (χ2v) is 4.98. The average Bonchev–Trinajstić information content (AvgIpc) is 2.18. The van der Waals surface area contributed by atoms with E-state index in [1.165, 1.54) is 0 Å². The second kappa shape index (κ2) is 5.49. The Labute approximate surface area is 91.9 Å². The van der Waals surface area contributed by atoms with Crippen molar-refractivity contribution in [1.29, 1.82) is 0 Å². The van der Waals surface area contributed by atoms with Crippen molar-refractivity contribution in [2.75, 3.05) is 5.75 Å². The molecule has 78 valence electrons. The number of nitrogens with two attached hydrogens (primary N) is 1. The van der Waals surface area contributed by atoms with Gasteiger partial charge in [0.15, 0.2) is 0 Å². The van der Waals surface area contributed by atoms with Crippen LogP contribution in [0.25, 0.3) is 0 Å². The first-order chi connectivity index (χ1) is 6.65. The molecule has 1 aromatic carbocycles. The molecule has 2 atom stereocenters. The summed E-state index contributed by atoms with van der Waals surface area (Å²) in [5.41, 5.74) is 5.73. The minimum Gasteiger partial charge on any atom is -0.327 e. The van der Waals surface area contributed by atoms with Crippen molar-refractivity contribution in [2.24, 2.45) is 5.73 Å². The molecule has 0 saturated carbocycles. The second-order valence-electron chi connectivity index (χ2n) is 3.11. The molecule has 0 spiro atoms. The maximum absolute atomic E-state index is 11.8. The summed E-state index contributed by atoms with van der Waals surface area (Å²) in [4.78, 5) is 0.679. The van der Waals surface area contributed by atoms with Gasteiger partial charge in [0.2, 0.25) is 0 Å². The minimum atomic E-state index is -1.08. The van der Waals surface area contributed by atoms with Crippen LogP contribution in [-0.4, -0.2) is 16.0 Å². The lowest BCUT2D eigenvalue weighted by atomic mass is 10.3. The van der Waals surface area contributed by atoms with E-state index in [-0.39, 0.29) is 6.04 Å². The summed E-state index contributed by atoms with van der Waals surface area (Å²) in [5, 5.41) is 0.550. The number of rotatable bonds is 4. The molecule has 0 aliphatic rings. The Hall–Kier alpha value is -0.380. The van der Waals surface area contributed by atoms with Gasteiger partial charge in [-0.1, -0.05) is 30.7 Å². The fourth-order valence-corrected chi connectivity index (χ4v) is 2.75. The Bertz CT molecular complexity index is 330. The van der Waals surface area contributed by atoms with Crippen molar-refractivity contribution in [2.45, 2.75) is 24.3 Å². The molecule has 4 heteroatoms. The molecule has 2 unspecified atom stereocenters. The predicted molar refractivity (Wildman–Crippen MR) is 61.0 cm³/mol. The molecule has 0 aliphatic carbocycles. The van der Waals surface area contributed by atoms with Crippen LogP contribution < -0.4 is 5.73 Å². The molecule has 1 rings (SSSR count). The van der Waals surface area contributed by atoms with Crippen LogP contribution in [0.1, 0.15) is 13.3 Å². The average molecular weight is 232 g/mol. The highest BCUT2D eigenvalue weighted by atomic mass is 35.5. The van der Waals surface area contributed by atoms with E-state index in [1.807, 2.05) is 19.1 Å². The summed E-state index contributed by atoms with van der Waals surface area (Å²) in [5.74, 6) is 0.472. The lowest BCUT2D eigenvalue weighted by Crippen LogP contribution is -2.26. The Balaban J connectivity index is 2.75. The molecule has 14 heavy (non-hydrogen) atoms. The Morgan fingerprint density at radius 3 is 2.71 bits per heavy atom. The van der Waals surface area contributed by atoms with E-state index >= 15 is 0 Å². The van der Waals surface area contributed by atoms with Gasteiger partial charge in [-0.25, -0.2) is 0 Å². The predicted octanol–water partition coefficient (Wildman–Crippen LogP) is 2.18. The molecule has 0 heterocycles. The first-order valence-electron chi connectivity index (χ1n) is 4.53. The quantitative estimate of drug-likeness (QED) is 0.863. The zero-order valence-electron chi connectivity index (χ0n) is 8.07. The smallest absolute Gasteiger partial charge is 0.0574 e. The van der Waals surface area contributed by atoms with E-state index in [9.17, 15) is 4.21 Å². The third kappa shape index (κ3) is 3.08. The third-order valence-corrected chi connectivity index (χ3v) is 3.99. The SMILES string of the molecule is CCC(N)CS(=O)c1ccccc1Cl. The highest BCUT2D eigenvalue weighted by Gasteiger charge is 2.10. The van der Waals surface area contributed by atoms with Gasteiger partial charge < -0.3 is 5.73 Å². The third-order valence-electron chi connectivity index (χ3n) is 1.97. The van der Waals surface area contributed by atoms with Crippen molar-refractivity contribution in [3.05, 3.63) is 29.3 Å². The largest absolute Gasteiger partial charge is 0.327 e. The summed E-state index contributed by atoms with van der Waals surface area (Å²) in [6.45, 7) is 1.98. The number of hydrogen-bond acceptors (Lipinski definition) is 2. The Morgan fingerprint density at radius 2 is 2.14 bits per heavy atom. The normalized spacial score (nSPS) is 15.1. The van der Waals surface area contributed by atoms with E-state index in [4.69, 9.17) is 17.3 Å². The molecule has 0 aromatic heterocycles. The minimum absolute atomic E-state index is 0.0212. The van der Waals surface area contributed by atoms with Crippen molar-refractivity contribution < 1.29 is 4.21 Å². The van der Waals surface area contributed by atoms with Crippen LogP contribution in [0, 0.1) is 0 Å². The monoisotopic (exact) mass is 231 g/mol. The maximum atomic E-state index is 11.8. The first-order valence-corrected chi connectivity index (χ1v) is 6.23. The molecule has 0 radical (unpaired) electrons. The van der Waals surface area contributed by atoms with Crippen molar-refractivity contribution in [3.8, 4) is 0 Å². The zero-order chi connectivity index (χ0) is 10.6. The van der Waals surface area contributed by atoms with Crippen LogP contribution in [0.4, 0.5) is 0 Å². The van der Waals surface area contributed by atoms with Crippen molar-refractivity contribution >= 4 is 22.4 Å². The van der Waals surface area contributed by atoms with Gasteiger partial charge in [-0.05, 0) is 18.6 Å². The molecule has 0 aliphatic heterocycles. The van der Waals surface area contributed by atoms with Crippen LogP contribution in [0.15, 0.2) is 29.2 Å². The summed E-state index contributed by atoms with van der Waals surface area (Å²) in [6.07, 6.45) is 0.830. The summed E-state index contributed by atoms with van der Waals surface area (Å²) in [7, 11) is -1.08. The van der Waals surface area contributed by atoms with Gasteiger partial charge in [0, 0.05) is 11.8 Å². The summed E-state index contributed by atoms with van der Waals surface area (Å²) in [6, 6.07) is 7.15. The highest BCUT2D eigenvalue weighted by molar-refractivity contribution is 7.85. The zero-order valence-corrected chi connectivity index (χ0v) is 9.65. The van der Waals surface area contributed by atoms with Gasteiger partial charge >= 0.3 is 0 Å². The highest BCUT2D eigenvalue weighted by Crippen LogP contribution is 2.19. The van der Waals surface area contributed by atoms with E-state index in [2.05, 4.69) is 0 Å². The molecule has 0 fully saturated rings. The van der Waals surface area contributed by atoms with E-state index in [0.717, 1.165) is 6.42 Å². The van der Waals surface area contributed by atoms with Crippen molar-refractivity contribution in [3.63, 3.8) is 0 Å². The molecule has 0 amide bonds. The van der Waals surface area contributed by atoms with E-state index in [0.29, 0.717) is 15.7 Å². The van der Waals surface area contributed by atoms with Crippen LogP contribution in [0.3, 0.4) is 0 Å². The van der Waals surface area contributed by atoms with E-state index < -0.39 is 10.8 Å². The number of halogens is 1. The fraction of sp³-hybridized carbons (Fsp3) is 0.400. The molecule has 0 saturated heterocycles. The lowest BCUT2D eigenvalue weighted by molar-refractivity contribution is 0.663. The van der Waals surface area contributed by atoms with E-state index in [1.54, 1.807) is 12.1 Å². The topological polar surface area (TPSA) is 43.1 Å². The molecule has 0 bridgehead atoms. The standard InChI is InChI=1S/C10H14ClNOS/c1-2-8(12)7-14(13)10-6-4-3-5-9(10)11/h3-6,8H,2,7,12H2,1H3. The lowest BCUT2D eigenvalue weighted by Gasteiger charge is -2.09. The summed E-state index contributed by atoms with van der Waals surface area (Å²) < 4.78 is 11.8. The van der Waals surface area contributed by atoms with Crippen LogP contribution in [0.2, 0.25) is 5.02 Å². The van der Waals surface area contributed by atoms with Gasteiger partial charge in [-0.2, -0.15) is 0 Å². The Morgan fingerprint density at radius 1 is 1.50 bits per heavy atom. The molecule has 2 N–H and O–H groups in total. The van der Waals surface area contributed by atoms with Gasteiger partial charge in [0.1, 0.15) is 0 Å². The fourth-order valence-electron chi connectivity index (χ4n) is 1.03. The molecule has 1 aromatic rings. The van der Waals surface area contributed by atoms with Gasteiger partial charge in [0.05, 0.1) is 20.7 Å². The van der Waals surface area contributed by atoms with Crippen LogP contribution in [-0.2, 0) is 10.8 Å². The number of hydrogen-bond donors (Lipinski definition) is 1. The van der Waals surface area contributed by atoms with Gasteiger partial charge in [0.25, 0.3) is 0 Å². The molecular weight excluding hydrogens is 218 g/mol. The molecule has 2 nitrogen and oxygen atoms in total. The van der Waals surface area contributed by atoms with Crippen LogP contribution in [0.5, 0.6) is 0 Å². The first kappa shape index (κ1) is 11.7. The van der Waals surface area contributed by atoms with Crippen molar-refractivity contribution in [1.82, 2.24) is 0 Å². The number of benzene rings is 1. The van der Waals surface area contributed by atoms with Gasteiger partial charge in [-0.3, -0.25) is 4.21 Å². The Kier molecular flexibility index (Phi) is 4.58.